The van der Waals surface area contributed by atoms with Gasteiger partial charge in [0.2, 0.25) is 5.91 Å². The van der Waals surface area contributed by atoms with E-state index in [0.717, 1.165) is 31.5 Å². The van der Waals surface area contributed by atoms with E-state index in [1.807, 2.05) is 11.0 Å². The van der Waals surface area contributed by atoms with Crippen LogP contribution in [-0.2, 0) is 11.2 Å². The number of rotatable bonds is 4. The van der Waals surface area contributed by atoms with Crippen LogP contribution >= 0.6 is 11.3 Å². The Labute approximate surface area is 139 Å². The second kappa shape index (κ2) is 6.96. The predicted octanol–water partition coefficient (Wildman–Crippen LogP) is 3.40. The minimum absolute atomic E-state index is 0.0799. The van der Waals surface area contributed by atoms with Crippen LogP contribution in [0.5, 0.6) is 0 Å². The van der Waals surface area contributed by atoms with E-state index in [1.54, 1.807) is 29.5 Å². The van der Waals surface area contributed by atoms with Gasteiger partial charge >= 0.3 is 5.97 Å². The molecule has 4 nitrogen and oxygen atoms in total. The fourth-order valence-electron chi connectivity index (χ4n) is 3.07. The maximum atomic E-state index is 12.4. The number of thiophene rings is 1. The molecule has 2 aromatic rings. The number of nitrogens with zero attached hydrogens (tertiary/aromatic N) is 1. The van der Waals surface area contributed by atoms with Crippen molar-refractivity contribution in [2.45, 2.75) is 25.2 Å². The Balaban J connectivity index is 1.57. The highest BCUT2D eigenvalue weighted by molar-refractivity contribution is 7.07. The summed E-state index contributed by atoms with van der Waals surface area (Å²) >= 11 is 1.72. The van der Waals surface area contributed by atoms with E-state index in [2.05, 4.69) is 16.8 Å². The zero-order chi connectivity index (χ0) is 16.2. The SMILES string of the molecule is O=C(O)c1cccc(CC(=O)N2CCC(c3ccsc3)CC2)c1. The van der Waals surface area contributed by atoms with E-state index in [0.29, 0.717) is 5.92 Å². The van der Waals surface area contributed by atoms with Gasteiger partial charge in [0.1, 0.15) is 0 Å². The summed E-state index contributed by atoms with van der Waals surface area (Å²) in [6, 6.07) is 8.79. The van der Waals surface area contributed by atoms with Crippen molar-refractivity contribution < 1.29 is 14.7 Å². The summed E-state index contributed by atoms with van der Waals surface area (Å²) < 4.78 is 0. The molecular weight excluding hydrogens is 310 g/mol. The van der Waals surface area contributed by atoms with Crippen LogP contribution in [0.25, 0.3) is 0 Å². The lowest BCUT2D eigenvalue weighted by molar-refractivity contribution is -0.131. The van der Waals surface area contributed by atoms with Gasteiger partial charge in [0, 0.05) is 13.1 Å². The van der Waals surface area contributed by atoms with E-state index in [9.17, 15) is 9.59 Å². The van der Waals surface area contributed by atoms with E-state index in [-0.39, 0.29) is 17.9 Å². The molecule has 0 radical (unpaired) electrons. The summed E-state index contributed by atoms with van der Waals surface area (Å²) in [5.74, 6) is -0.326. The van der Waals surface area contributed by atoms with Gasteiger partial charge in [-0.3, -0.25) is 4.79 Å². The van der Waals surface area contributed by atoms with E-state index in [1.165, 1.54) is 5.56 Å². The molecule has 0 saturated carbocycles. The second-order valence-electron chi connectivity index (χ2n) is 5.89. The topological polar surface area (TPSA) is 57.6 Å². The minimum atomic E-state index is -0.962. The number of piperidine rings is 1. The van der Waals surface area contributed by atoms with E-state index in [4.69, 9.17) is 5.11 Å². The third-order valence-corrected chi connectivity index (χ3v) is 5.09. The van der Waals surface area contributed by atoms with Gasteiger partial charge in [-0.05, 0) is 58.8 Å². The number of carboxylic acid groups (broad SMARTS) is 1. The molecule has 1 saturated heterocycles. The third-order valence-electron chi connectivity index (χ3n) is 4.39. The average Bonchev–Trinajstić information content (AvgIpc) is 3.09. The number of benzene rings is 1. The molecule has 1 aliphatic heterocycles. The highest BCUT2D eigenvalue weighted by Gasteiger charge is 2.24. The molecule has 0 atom stereocenters. The molecule has 1 aromatic carbocycles. The minimum Gasteiger partial charge on any atom is -0.478 e. The Hall–Kier alpha value is -2.14. The van der Waals surface area contributed by atoms with Gasteiger partial charge in [-0.2, -0.15) is 11.3 Å². The number of carbonyl (C=O) groups excluding carboxylic acids is 1. The van der Waals surface area contributed by atoms with Gasteiger partial charge in [-0.1, -0.05) is 12.1 Å². The maximum absolute atomic E-state index is 12.4. The molecule has 1 aromatic heterocycles. The van der Waals surface area contributed by atoms with Crippen molar-refractivity contribution in [3.63, 3.8) is 0 Å². The van der Waals surface area contributed by atoms with Crippen LogP contribution < -0.4 is 0 Å². The number of amides is 1. The molecule has 120 valence electrons. The zero-order valence-corrected chi connectivity index (χ0v) is 13.6. The van der Waals surface area contributed by atoms with Crippen LogP contribution in [0, 0.1) is 0 Å². The third kappa shape index (κ3) is 3.79. The molecule has 2 heterocycles. The Morgan fingerprint density at radius 2 is 2.00 bits per heavy atom. The summed E-state index contributed by atoms with van der Waals surface area (Å²) in [5.41, 5.74) is 2.37. The van der Waals surface area contributed by atoms with Crippen molar-refractivity contribution in [1.82, 2.24) is 4.90 Å². The normalized spacial score (nSPS) is 15.6. The summed E-state index contributed by atoms with van der Waals surface area (Å²) in [6.45, 7) is 1.55. The highest BCUT2D eigenvalue weighted by atomic mass is 32.1. The van der Waals surface area contributed by atoms with Gasteiger partial charge in [0.05, 0.1) is 12.0 Å². The molecule has 3 rings (SSSR count). The van der Waals surface area contributed by atoms with Crippen molar-refractivity contribution in [2.24, 2.45) is 0 Å². The van der Waals surface area contributed by atoms with Gasteiger partial charge in [-0.15, -0.1) is 0 Å². The lowest BCUT2D eigenvalue weighted by Gasteiger charge is -2.32. The molecular formula is C18H19NO3S. The van der Waals surface area contributed by atoms with Crippen molar-refractivity contribution in [1.29, 1.82) is 0 Å². The van der Waals surface area contributed by atoms with Crippen LogP contribution in [-0.4, -0.2) is 35.0 Å². The summed E-state index contributed by atoms with van der Waals surface area (Å²) in [5, 5.41) is 13.3. The van der Waals surface area contributed by atoms with Gasteiger partial charge in [0.15, 0.2) is 0 Å². The Morgan fingerprint density at radius 3 is 2.65 bits per heavy atom. The second-order valence-corrected chi connectivity index (χ2v) is 6.67. The Bertz CT molecular complexity index is 688. The zero-order valence-electron chi connectivity index (χ0n) is 12.8. The summed E-state index contributed by atoms with van der Waals surface area (Å²) in [6.07, 6.45) is 2.26. The van der Waals surface area contributed by atoms with Gasteiger partial charge < -0.3 is 10.0 Å². The number of carbonyl (C=O) groups is 2. The molecule has 1 fully saturated rings. The monoisotopic (exact) mass is 329 g/mol. The van der Waals surface area contributed by atoms with Crippen LogP contribution in [0.2, 0.25) is 0 Å². The highest BCUT2D eigenvalue weighted by Crippen LogP contribution is 2.29. The molecule has 1 N–H and O–H groups in total. The molecule has 0 bridgehead atoms. The van der Waals surface area contributed by atoms with Crippen LogP contribution in [0.3, 0.4) is 0 Å². The first-order valence-corrected chi connectivity index (χ1v) is 8.70. The molecule has 0 unspecified atom stereocenters. The lowest BCUT2D eigenvalue weighted by atomic mass is 9.91. The predicted molar refractivity (Wildman–Crippen MR) is 90.0 cm³/mol. The standard InChI is InChI=1S/C18H19NO3S/c20-17(11-13-2-1-3-15(10-13)18(21)22)19-7-4-14(5-8-19)16-6-9-23-12-16/h1-3,6,9-10,12,14H,4-5,7-8,11H2,(H,21,22). The molecule has 5 heteroatoms. The number of hydrogen-bond acceptors (Lipinski definition) is 3. The molecule has 0 aliphatic carbocycles. The maximum Gasteiger partial charge on any atom is 0.335 e. The smallest absolute Gasteiger partial charge is 0.335 e. The molecule has 1 aliphatic rings. The summed E-state index contributed by atoms with van der Waals surface area (Å²) in [4.78, 5) is 25.3. The van der Waals surface area contributed by atoms with Crippen molar-refractivity contribution in [3.8, 4) is 0 Å². The molecule has 0 spiro atoms. The van der Waals surface area contributed by atoms with Crippen LogP contribution in [0.15, 0.2) is 41.1 Å². The van der Waals surface area contributed by atoms with Crippen LogP contribution in [0.4, 0.5) is 0 Å². The fraction of sp³-hybridized carbons (Fsp3) is 0.333. The number of carboxylic acids is 1. The van der Waals surface area contributed by atoms with Crippen LogP contribution in [0.1, 0.15) is 40.2 Å². The number of hydrogen-bond donors (Lipinski definition) is 1. The summed E-state index contributed by atoms with van der Waals surface area (Å²) in [7, 11) is 0. The quantitative estimate of drug-likeness (QED) is 0.935. The van der Waals surface area contributed by atoms with E-state index < -0.39 is 5.97 Å². The van der Waals surface area contributed by atoms with Crippen molar-refractivity contribution in [3.05, 3.63) is 57.8 Å². The van der Waals surface area contributed by atoms with Gasteiger partial charge in [0.25, 0.3) is 0 Å². The largest absolute Gasteiger partial charge is 0.478 e. The first kappa shape index (κ1) is 15.7. The molecule has 1 amide bonds. The first-order valence-electron chi connectivity index (χ1n) is 7.75. The lowest BCUT2D eigenvalue weighted by Crippen LogP contribution is -2.38. The Kier molecular flexibility index (Phi) is 4.76. The first-order chi connectivity index (χ1) is 11.1. The average molecular weight is 329 g/mol. The van der Waals surface area contributed by atoms with Crippen molar-refractivity contribution in [2.75, 3.05) is 13.1 Å². The fourth-order valence-corrected chi connectivity index (χ4v) is 3.81. The number of likely N-dealkylation sites (tertiary alicyclic amines) is 1. The van der Waals surface area contributed by atoms with Crippen molar-refractivity contribution >= 4 is 23.2 Å². The Morgan fingerprint density at radius 1 is 1.22 bits per heavy atom. The van der Waals surface area contributed by atoms with E-state index >= 15 is 0 Å². The van der Waals surface area contributed by atoms with Gasteiger partial charge in [-0.25, -0.2) is 4.79 Å². The molecule has 23 heavy (non-hydrogen) atoms. The number of aromatic carboxylic acids is 1.